The van der Waals surface area contributed by atoms with Crippen LogP contribution in [0.3, 0.4) is 0 Å². The molecule has 0 aliphatic heterocycles. The maximum Gasteiger partial charge on any atom is 0.330 e. The first-order valence-corrected chi connectivity index (χ1v) is 4.25. The van der Waals surface area contributed by atoms with Crippen LogP contribution in [0.5, 0.6) is 0 Å². The Morgan fingerprint density at radius 1 is 1.21 bits per heavy atom. The van der Waals surface area contributed by atoms with Gasteiger partial charge in [0.15, 0.2) is 11.6 Å². The normalized spacial score (nSPS) is 8.21. The molecule has 0 heterocycles. The van der Waals surface area contributed by atoms with Crippen LogP contribution in [-0.4, -0.2) is 22.6 Å². The summed E-state index contributed by atoms with van der Waals surface area (Å²) in [5.74, 6) is -1.52. The monoisotopic (exact) mass is 200 g/mol. The lowest BCUT2D eigenvalue weighted by Gasteiger charge is -1.87. The summed E-state index contributed by atoms with van der Waals surface area (Å²) in [6.45, 7) is 7.78. The number of hydrogen-bond donors (Lipinski definition) is 1. The van der Waals surface area contributed by atoms with Crippen LogP contribution in [0, 0.1) is 0 Å². The Morgan fingerprint density at radius 2 is 1.57 bits per heavy atom. The Kier molecular flexibility index (Phi) is 8.77. The van der Waals surface area contributed by atoms with Crippen LogP contribution in [0.4, 0.5) is 0 Å². The van der Waals surface area contributed by atoms with Crippen molar-refractivity contribution in [3.63, 3.8) is 0 Å². The molecule has 0 unspecified atom stereocenters. The minimum absolute atomic E-state index is 0.176. The van der Waals surface area contributed by atoms with Gasteiger partial charge in [-0.2, -0.15) is 0 Å². The van der Waals surface area contributed by atoms with Gasteiger partial charge in [-0.3, -0.25) is 9.59 Å². The van der Waals surface area contributed by atoms with Gasteiger partial charge in [-0.15, -0.1) is 0 Å². The van der Waals surface area contributed by atoms with Crippen molar-refractivity contribution >= 4 is 17.5 Å². The Bertz CT molecular complexity index is 229. The van der Waals surface area contributed by atoms with Crippen LogP contribution in [0.15, 0.2) is 12.2 Å². The second kappa shape index (κ2) is 8.16. The van der Waals surface area contributed by atoms with E-state index in [9.17, 15) is 14.4 Å². The molecule has 0 aromatic heterocycles. The summed E-state index contributed by atoms with van der Waals surface area (Å²) in [6.07, 6.45) is 1.16. The summed E-state index contributed by atoms with van der Waals surface area (Å²) in [4.78, 5) is 30.2. The standard InChI is InChI=1S/C6H10O2.C4H6O2/c1-3-4-6(8)5(2)7;1-3(2)4(5)6/h3-4H2,1-2H3;1H2,2H3,(H,5,6). The highest BCUT2D eigenvalue weighted by atomic mass is 16.4. The third kappa shape index (κ3) is 10.6. The lowest BCUT2D eigenvalue weighted by atomic mass is 10.2. The minimum atomic E-state index is -0.935. The highest BCUT2D eigenvalue weighted by molar-refractivity contribution is 6.36. The maximum absolute atomic E-state index is 10.4. The molecule has 0 bridgehead atoms. The molecule has 0 aliphatic rings. The highest BCUT2D eigenvalue weighted by Gasteiger charge is 2.03. The summed E-state index contributed by atoms with van der Waals surface area (Å²) in [6, 6.07) is 0. The summed E-state index contributed by atoms with van der Waals surface area (Å²) in [7, 11) is 0. The number of carbonyl (C=O) groups excluding carboxylic acids is 2. The zero-order valence-electron chi connectivity index (χ0n) is 8.79. The summed E-state index contributed by atoms with van der Waals surface area (Å²) < 4.78 is 0. The van der Waals surface area contributed by atoms with Crippen LogP contribution in [0.1, 0.15) is 33.6 Å². The SMILES string of the molecule is C=C(C)C(=O)O.CCCC(=O)C(C)=O. The molecule has 14 heavy (non-hydrogen) atoms. The molecule has 4 heteroatoms. The smallest absolute Gasteiger partial charge is 0.330 e. The van der Waals surface area contributed by atoms with Crippen LogP contribution in [0.2, 0.25) is 0 Å². The van der Waals surface area contributed by atoms with Crippen molar-refractivity contribution in [2.45, 2.75) is 33.6 Å². The Morgan fingerprint density at radius 3 is 1.64 bits per heavy atom. The van der Waals surface area contributed by atoms with Crippen molar-refractivity contribution in [3.8, 4) is 0 Å². The predicted octanol–water partition coefficient (Wildman–Crippen LogP) is 1.59. The second-order valence-electron chi connectivity index (χ2n) is 2.81. The van der Waals surface area contributed by atoms with E-state index in [1.54, 1.807) is 0 Å². The number of ketones is 2. The fraction of sp³-hybridized carbons (Fsp3) is 0.500. The first-order valence-electron chi connectivity index (χ1n) is 4.25. The number of rotatable bonds is 4. The first-order chi connectivity index (χ1) is 6.32. The molecule has 80 valence electrons. The predicted molar refractivity (Wildman–Crippen MR) is 53.0 cm³/mol. The molecule has 0 atom stereocenters. The van der Waals surface area contributed by atoms with E-state index in [4.69, 9.17) is 5.11 Å². The number of carbonyl (C=O) groups is 3. The van der Waals surface area contributed by atoms with Gasteiger partial charge < -0.3 is 5.11 Å². The molecule has 0 aromatic rings. The zero-order chi connectivity index (χ0) is 11.7. The van der Waals surface area contributed by atoms with E-state index in [0.29, 0.717) is 6.42 Å². The van der Waals surface area contributed by atoms with Gasteiger partial charge in [0.2, 0.25) is 0 Å². The lowest BCUT2D eigenvalue weighted by Crippen LogP contribution is -2.07. The van der Waals surface area contributed by atoms with Gasteiger partial charge in [0.05, 0.1) is 0 Å². The molecule has 0 saturated heterocycles. The summed E-state index contributed by atoms with van der Waals surface area (Å²) in [5, 5.41) is 7.89. The average Bonchev–Trinajstić information content (AvgIpc) is 2.05. The molecule has 1 N–H and O–H groups in total. The van der Waals surface area contributed by atoms with Gasteiger partial charge in [-0.25, -0.2) is 4.79 Å². The van der Waals surface area contributed by atoms with E-state index in [-0.39, 0.29) is 17.1 Å². The molecule has 0 fully saturated rings. The summed E-state index contributed by atoms with van der Waals surface area (Å²) in [5.41, 5.74) is 0.176. The van der Waals surface area contributed by atoms with Crippen molar-refractivity contribution in [1.29, 1.82) is 0 Å². The molecule has 0 radical (unpaired) electrons. The molecule has 0 saturated carbocycles. The molecule has 0 aromatic carbocycles. The Labute approximate surface area is 83.6 Å². The van der Waals surface area contributed by atoms with Gasteiger partial charge in [-0.1, -0.05) is 13.5 Å². The molecule has 0 spiro atoms. The zero-order valence-corrected chi connectivity index (χ0v) is 8.79. The average molecular weight is 200 g/mol. The maximum atomic E-state index is 10.4. The second-order valence-corrected chi connectivity index (χ2v) is 2.81. The Balaban J connectivity index is 0. The van der Waals surface area contributed by atoms with Gasteiger partial charge >= 0.3 is 5.97 Å². The molecular formula is C10H16O4. The molecule has 0 rings (SSSR count). The molecule has 0 amide bonds. The van der Waals surface area contributed by atoms with Gasteiger partial charge in [0.1, 0.15) is 0 Å². The van der Waals surface area contributed by atoms with E-state index in [0.717, 1.165) is 6.42 Å². The van der Waals surface area contributed by atoms with Crippen molar-refractivity contribution in [1.82, 2.24) is 0 Å². The van der Waals surface area contributed by atoms with E-state index >= 15 is 0 Å². The topological polar surface area (TPSA) is 71.4 Å². The van der Waals surface area contributed by atoms with E-state index in [2.05, 4.69) is 6.58 Å². The fourth-order valence-corrected chi connectivity index (χ4v) is 0.403. The van der Waals surface area contributed by atoms with Crippen LogP contribution >= 0.6 is 0 Å². The van der Waals surface area contributed by atoms with E-state index < -0.39 is 5.97 Å². The minimum Gasteiger partial charge on any atom is -0.478 e. The third-order valence-electron chi connectivity index (χ3n) is 1.23. The van der Waals surface area contributed by atoms with E-state index in [1.165, 1.54) is 13.8 Å². The number of carboxylic acids is 1. The van der Waals surface area contributed by atoms with Crippen molar-refractivity contribution in [2.24, 2.45) is 0 Å². The number of aliphatic carboxylic acids is 1. The van der Waals surface area contributed by atoms with Gasteiger partial charge in [0, 0.05) is 18.9 Å². The van der Waals surface area contributed by atoms with Crippen LogP contribution in [-0.2, 0) is 14.4 Å². The van der Waals surface area contributed by atoms with Gasteiger partial charge in [0.25, 0.3) is 0 Å². The molecule has 4 nitrogen and oxygen atoms in total. The van der Waals surface area contributed by atoms with Crippen LogP contribution < -0.4 is 0 Å². The summed E-state index contributed by atoms with van der Waals surface area (Å²) >= 11 is 0. The quantitative estimate of drug-likeness (QED) is 0.552. The largest absolute Gasteiger partial charge is 0.478 e. The Hall–Kier alpha value is -1.45. The van der Waals surface area contributed by atoms with Crippen molar-refractivity contribution in [3.05, 3.63) is 12.2 Å². The molecular weight excluding hydrogens is 184 g/mol. The number of Topliss-reactive ketones (excluding diaryl/α,β-unsaturated/α-hetero) is 2. The highest BCUT2D eigenvalue weighted by Crippen LogP contribution is 1.88. The van der Waals surface area contributed by atoms with E-state index in [1.807, 2.05) is 6.92 Å². The lowest BCUT2D eigenvalue weighted by molar-refractivity contribution is -0.135. The number of hydrogen-bond acceptors (Lipinski definition) is 3. The third-order valence-corrected chi connectivity index (χ3v) is 1.23. The molecule has 0 aliphatic carbocycles. The van der Waals surface area contributed by atoms with Gasteiger partial charge in [-0.05, 0) is 13.3 Å². The fourth-order valence-electron chi connectivity index (χ4n) is 0.403. The van der Waals surface area contributed by atoms with Crippen molar-refractivity contribution < 1.29 is 19.5 Å². The number of carboxylic acid groups (broad SMARTS) is 1. The van der Waals surface area contributed by atoms with Crippen LogP contribution in [0.25, 0.3) is 0 Å². The first kappa shape index (κ1) is 15.0. The van der Waals surface area contributed by atoms with Crippen molar-refractivity contribution in [2.75, 3.05) is 0 Å².